The number of likely N-dealkylation sites (N-methyl/N-ethyl adjacent to an activating group) is 1. The number of quaternary nitrogens is 1. The van der Waals surface area contributed by atoms with Crippen molar-refractivity contribution in [2.75, 3.05) is 40.9 Å². The van der Waals surface area contributed by atoms with Crippen molar-refractivity contribution in [3.63, 3.8) is 0 Å². The monoisotopic (exact) mass is 752 g/mol. The number of hydrogen-bond acceptors (Lipinski definition) is 5. The topological polar surface area (TPSA) is 105 Å². The second kappa shape index (κ2) is 34.9. The highest BCUT2D eigenvalue weighted by Gasteiger charge is 2.27. The zero-order valence-electron chi connectivity index (χ0n) is 34.0. The maximum Gasteiger partial charge on any atom is 0.472 e. The van der Waals surface area contributed by atoms with Crippen molar-refractivity contribution in [3.05, 3.63) is 60.8 Å². The van der Waals surface area contributed by atoms with Gasteiger partial charge in [0.25, 0.3) is 0 Å². The molecule has 52 heavy (non-hydrogen) atoms. The molecule has 302 valence electrons. The molecule has 0 saturated heterocycles. The third-order valence-electron chi connectivity index (χ3n) is 8.67. The molecule has 0 rings (SSSR count). The van der Waals surface area contributed by atoms with E-state index in [1.165, 1.54) is 57.8 Å². The van der Waals surface area contributed by atoms with Gasteiger partial charge in [-0.25, -0.2) is 4.57 Å². The summed E-state index contributed by atoms with van der Waals surface area (Å²) in [7, 11) is 1.52. The molecule has 0 fully saturated rings. The van der Waals surface area contributed by atoms with Crippen LogP contribution in [0, 0.1) is 0 Å². The van der Waals surface area contributed by atoms with Gasteiger partial charge in [0.15, 0.2) is 0 Å². The summed E-state index contributed by atoms with van der Waals surface area (Å²) < 4.78 is 23.5. The number of nitrogens with one attached hydrogen (secondary N) is 1. The van der Waals surface area contributed by atoms with E-state index in [2.05, 4.69) is 67.8 Å². The van der Waals surface area contributed by atoms with Gasteiger partial charge in [-0.2, -0.15) is 0 Å². The zero-order valence-corrected chi connectivity index (χ0v) is 34.9. The Morgan fingerprint density at radius 3 is 1.73 bits per heavy atom. The lowest BCUT2D eigenvalue weighted by Crippen LogP contribution is -2.45. The Morgan fingerprint density at radius 1 is 0.654 bits per heavy atom. The lowest BCUT2D eigenvalue weighted by atomic mass is 10.1. The fourth-order valence-electron chi connectivity index (χ4n) is 5.34. The Labute approximate surface area is 320 Å². The largest absolute Gasteiger partial charge is 0.472 e. The van der Waals surface area contributed by atoms with Crippen LogP contribution in [0.25, 0.3) is 0 Å². The Hall–Kier alpha value is -1.80. The van der Waals surface area contributed by atoms with Gasteiger partial charge >= 0.3 is 7.82 Å². The van der Waals surface area contributed by atoms with Crippen molar-refractivity contribution < 1.29 is 32.9 Å². The summed E-state index contributed by atoms with van der Waals surface area (Å²) >= 11 is 0. The zero-order chi connectivity index (χ0) is 38.6. The van der Waals surface area contributed by atoms with Crippen molar-refractivity contribution in [2.45, 2.75) is 167 Å². The van der Waals surface area contributed by atoms with E-state index in [9.17, 15) is 19.4 Å². The molecule has 0 aromatic heterocycles. The third-order valence-corrected chi connectivity index (χ3v) is 9.65. The molecule has 0 spiro atoms. The molecular formula is C43H80N2O6P+. The van der Waals surface area contributed by atoms with Gasteiger partial charge in [-0.15, -0.1) is 0 Å². The Balaban J connectivity index is 4.60. The van der Waals surface area contributed by atoms with Crippen LogP contribution in [0.5, 0.6) is 0 Å². The number of aliphatic hydroxyl groups is 1. The van der Waals surface area contributed by atoms with Crippen LogP contribution < -0.4 is 5.32 Å². The molecule has 0 saturated carbocycles. The highest BCUT2D eigenvalue weighted by atomic mass is 31.2. The second-order valence-corrected chi connectivity index (χ2v) is 16.4. The Kier molecular flexibility index (Phi) is 33.7. The molecule has 0 aromatic rings. The first-order valence-corrected chi connectivity index (χ1v) is 22.2. The minimum Gasteiger partial charge on any atom is -0.387 e. The number of nitrogens with zero attached hydrogens (tertiary/aromatic N) is 1. The number of unbranched alkanes of at least 4 members (excludes halogenated alkanes) is 15. The van der Waals surface area contributed by atoms with Crippen molar-refractivity contribution in [2.24, 2.45) is 0 Å². The van der Waals surface area contributed by atoms with Crippen LogP contribution in [0.4, 0.5) is 0 Å². The van der Waals surface area contributed by atoms with Gasteiger partial charge in [0.1, 0.15) is 13.2 Å². The summed E-state index contributed by atoms with van der Waals surface area (Å²) in [6.45, 7) is 4.67. The number of phosphoric ester groups is 1. The maximum absolute atomic E-state index is 12.8. The van der Waals surface area contributed by atoms with E-state index in [1.807, 2.05) is 27.2 Å². The van der Waals surface area contributed by atoms with E-state index >= 15 is 0 Å². The van der Waals surface area contributed by atoms with Gasteiger partial charge in [0.2, 0.25) is 5.91 Å². The lowest BCUT2D eigenvalue weighted by Gasteiger charge is -2.25. The molecule has 3 atom stereocenters. The normalized spacial score (nSPS) is 15.1. The van der Waals surface area contributed by atoms with Crippen molar-refractivity contribution in [3.8, 4) is 0 Å². The third kappa shape index (κ3) is 36.6. The molecule has 8 nitrogen and oxygen atoms in total. The highest BCUT2D eigenvalue weighted by Crippen LogP contribution is 2.43. The summed E-state index contributed by atoms with van der Waals surface area (Å²) in [5.41, 5.74) is 0. The second-order valence-electron chi connectivity index (χ2n) is 15.0. The first kappa shape index (κ1) is 50.2. The van der Waals surface area contributed by atoms with Gasteiger partial charge < -0.3 is 19.8 Å². The van der Waals surface area contributed by atoms with E-state index in [0.717, 1.165) is 77.0 Å². The quantitative estimate of drug-likeness (QED) is 0.0255. The van der Waals surface area contributed by atoms with E-state index in [1.54, 1.807) is 6.08 Å². The van der Waals surface area contributed by atoms with E-state index in [-0.39, 0.29) is 19.1 Å². The van der Waals surface area contributed by atoms with Gasteiger partial charge in [-0.3, -0.25) is 13.8 Å². The lowest BCUT2D eigenvalue weighted by molar-refractivity contribution is -0.870. The average Bonchev–Trinajstić information content (AvgIpc) is 3.09. The molecular weight excluding hydrogens is 671 g/mol. The Morgan fingerprint density at radius 2 is 1.15 bits per heavy atom. The van der Waals surface area contributed by atoms with Crippen LogP contribution in [0.1, 0.15) is 155 Å². The first-order valence-electron chi connectivity index (χ1n) is 20.7. The molecule has 0 radical (unpaired) electrons. The number of hydrogen-bond donors (Lipinski definition) is 3. The minimum atomic E-state index is -4.35. The minimum absolute atomic E-state index is 0.0481. The molecule has 3 N–H and O–H groups in total. The Bertz CT molecular complexity index is 1030. The number of rotatable bonds is 36. The molecule has 1 amide bonds. The molecule has 0 aliphatic rings. The van der Waals surface area contributed by atoms with Crippen LogP contribution in [0.2, 0.25) is 0 Å². The number of aliphatic hydroxyl groups excluding tert-OH is 1. The number of carbonyl (C=O) groups excluding carboxylic acids is 1. The average molecular weight is 752 g/mol. The van der Waals surface area contributed by atoms with Gasteiger partial charge in [-0.1, -0.05) is 139 Å². The molecule has 0 aliphatic carbocycles. The highest BCUT2D eigenvalue weighted by molar-refractivity contribution is 7.47. The smallest absolute Gasteiger partial charge is 0.387 e. The van der Waals surface area contributed by atoms with Crippen LogP contribution in [0.15, 0.2) is 60.8 Å². The van der Waals surface area contributed by atoms with Crippen LogP contribution in [-0.2, 0) is 18.4 Å². The number of phosphoric acid groups is 1. The van der Waals surface area contributed by atoms with Crippen LogP contribution >= 0.6 is 7.82 Å². The van der Waals surface area contributed by atoms with Gasteiger partial charge in [0.05, 0.1) is 39.9 Å². The molecule has 0 heterocycles. The van der Waals surface area contributed by atoms with Crippen molar-refractivity contribution >= 4 is 13.7 Å². The molecule has 3 unspecified atom stereocenters. The van der Waals surface area contributed by atoms with Gasteiger partial charge in [-0.05, 0) is 70.6 Å². The van der Waals surface area contributed by atoms with Crippen molar-refractivity contribution in [1.29, 1.82) is 0 Å². The molecule has 0 aromatic carbocycles. The van der Waals surface area contributed by atoms with E-state index < -0.39 is 20.0 Å². The summed E-state index contributed by atoms with van der Waals surface area (Å²) in [4.78, 5) is 23.0. The predicted octanol–water partition coefficient (Wildman–Crippen LogP) is 11.1. The number of amides is 1. The van der Waals surface area contributed by atoms with Crippen molar-refractivity contribution in [1.82, 2.24) is 5.32 Å². The predicted molar refractivity (Wildman–Crippen MR) is 221 cm³/mol. The fourth-order valence-corrected chi connectivity index (χ4v) is 6.08. The van der Waals surface area contributed by atoms with E-state index in [0.29, 0.717) is 17.4 Å². The first-order chi connectivity index (χ1) is 25.0. The van der Waals surface area contributed by atoms with Crippen LogP contribution in [-0.4, -0.2) is 73.4 Å². The maximum atomic E-state index is 12.8. The molecule has 0 aliphatic heterocycles. The summed E-state index contributed by atoms with van der Waals surface area (Å²) in [6, 6.07) is -0.877. The summed E-state index contributed by atoms with van der Waals surface area (Å²) in [5.74, 6) is -0.210. The fraction of sp³-hybridized carbons (Fsp3) is 0.744. The summed E-state index contributed by atoms with van der Waals surface area (Å²) in [6.07, 6.45) is 44.3. The SMILES string of the molecule is CCC/C=C\C/C=C\CCCCCCCC(=O)NC(COP(=O)(O)OCC[N+](C)(C)C)C(O)/C=C/CC/C=C/CC/C=C/CCCCCCCCC. The van der Waals surface area contributed by atoms with Gasteiger partial charge in [0, 0.05) is 6.42 Å². The van der Waals surface area contributed by atoms with E-state index in [4.69, 9.17) is 9.05 Å². The molecule has 0 bridgehead atoms. The van der Waals surface area contributed by atoms with Crippen LogP contribution in [0.3, 0.4) is 0 Å². The standard InChI is InChI=1S/C43H79N2O6P/c1-6-8-10-12-14-16-18-20-21-22-23-25-26-28-30-32-34-36-42(46)41(40-51-52(48,49)50-39-38-45(3,4)5)44-43(47)37-35-33-31-29-27-24-19-17-15-13-11-9-7-2/h11,13,17,19,21-22,26,28,34,36,41-42,46H,6-10,12,14-16,18,20,23-25,27,29-33,35,37-40H2,1-5H3,(H-,44,47,48,49)/p+1/b13-11-,19-17-,22-21+,28-26+,36-34+. The number of carbonyl (C=O) groups is 1. The summed E-state index contributed by atoms with van der Waals surface area (Å²) in [5, 5.41) is 13.7. The number of allylic oxidation sites excluding steroid dienone is 9. The molecule has 9 heteroatoms.